The van der Waals surface area contributed by atoms with Crippen LogP contribution in [-0.4, -0.2) is 17.6 Å². The Balaban J connectivity index is 2.05. The third kappa shape index (κ3) is 2.58. The minimum absolute atomic E-state index is 0.238. The van der Waals surface area contributed by atoms with Crippen molar-refractivity contribution in [3.05, 3.63) is 77.4 Å². The van der Waals surface area contributed by atoms with Crippen molar-refractivity contribution in [2.45, 2.75) is 37.9 Å². The number of benzene rings is 2. The number of carbonyl (C=O) groups is 1. The van der Waals surface area contributed by atoms with Gasteiger partial charge in [0.25, 0.3) is 0 Å². The molecule has 0 saturated heterocycles. The van der Waals surface area contributed by atoms with Crippen LogP contribution in [0.5, 0.6) is 0 Å². The van der Waals surface area contributed by atoms with Gasteiger partial charge in [-0.1, -0.05) is 67.6 Å². The maximum atomic E-state index is 13.3. The van der Waals surface area contributed by atoms with E-state index in [1.54, 1.807) is 49.4 Å². The van der Waals surface area contributed by atoms with Gasteiger partial charge in [0.05, 0.1) is 17.7 Å². The summed E-state index contributed by atoms with van der Waals surface area (Å²) >= 11 is 0. The van der Waals surface area contributed by atoms with Crippen LogP contribution in [0.3, 0.4) is 0 Å². The standard InChI is InChI=1S/C25H20F3N3O/c1-22-13-18(16-9-5-3-6-10-16)24(15-30,23(22,2)31-21(32)25(26,27)28)20(19(22)14-29)17-11-7-4-8-12-17/h3-12,18H,13H2,1-2H3,(H,31,32)/t18-,22+,23?,24-/m1/s1. The Bertz CT molecular complexity index is 1190. The van der Waals surface area contributed by atoms with Crippen LogP contribution >= 0.6 is 0 Å². The fraction of sp³-hybridized carbons (Fsp3) is 0.320. The summed E-state index contributed by atoms with van der Waals surface area (Å²) in [5.41, 5.74) is -2.46. The van der Waals surface area contributed by atoms with Crippen molar-refractivity contribution in [1.82, 2.24) is 5.32 Å². The molecule has 4 rings (SSSR count). The number of hydrogen-bond acceptors (Lipinski definition) is 3. The summed E-state index contributed by atoms with van der Waals surface area (Å²) in [7, 11) is 0. The molecule has 162 valence electrons. The first-order chi connectivity index (χ1) is 15.1. The van der Waals surface area contributed by atoms with E-state index in [4.69, 9.17) is 0 Å². The van der Waals surface area contributed by atoms with Gasteiger partial charge in [-0.2, -0.15) is 23.7 Å². The molecule has 1 N–H and O–H groups in total. The second kappa shape index (κ2) is 6.97. The molecule has 1 unspecified atom stereocenters. The maximum Gasteiger partial charge on any atom is 0.471 e. The van der Waals surface area contributed by atoms with E-state index in [-0.39, 0.29) is 12.0 Å². The van der Waals surface area contributed by atoms with Crippen LogP contribution in [0.15, 0.2) is 66.2 Å². The second-order valence-corrected chi connectivity index (χ2v) is 8.72. The van der Waals surface area contributed by atoms with Gasteiger partial charge in [-0.3, -0.25) is 4.79 Å². The highest BCUT2D eigenvalue weighted by Crippen LogP contribution is 2.76. The zero-order chi connectivity index (χ0) is 23.4. The zero-order valence-electron chi connectivity index (χ0n) is 17.5. The van der Waals surface area contributed by atoms with E-state index in [2.05, 4.69) is 17.5 Å². The van der Waals surface area contributed by atoms with E-state index >= 15 is 0 Å². The van der Waals surface area contributed by atoms with Crippen molar-refractivity contribution in [1.29, 1.82) is 10.5 Å². The highest BCUT2D eigenvalue weighted by molar-refractivity contribution is 5.91. The summed E-state index contributed by atoms with van der Waals surface area (Å²) in [4.78, 5) is 12.2. The fourth-order valence-electron chi connectivity index (χ4n) is 5.79. The first kappa shape index (κ1) is 21.6. The number of nitriles is 2. The van der Waals surface area contributed by atoms with Crippen LogP contribution in [-0.2, 0) is 4.79 Å². The van der Waals surface area contributed by atoms with Crippen LogP contribution in [0.25, 0.3) is 5.57 Å². The molecule has 1 saturated carbocycles. The summed E-state index contributed by atoms with van der Waals surface area (Å²) < 4.78 is 40.0. The molecule has 0 radical (unpaired) electrons. The predicted molar refractivity (Wildman–Crippen MR) is 112 cm³/mol. The van der Waals surface area contributed by atoms with Gasteiger partial charge in [-0.15, -0.1) is 0 Å². The molecule has 0 aliphatic heterocycles. The second-order valence-electron chi connectivity index (χ2n) is 8.72. The largest absolute Gasteiger partial charge is 0.471 e. The average molecular weight is 435 g/mol. The van der Waals surface area contributed by atoms with Gasteiger partial charge in [0.15, 0.2) is 0 Å². The van der Waals surface area contributed by atoms with E-state index in [1.165, 1.54) is 6.92 Å². The average Bonchev–Trinajstić information content (AvgIpc) is 3.07. The van der Waals surface area contributed by atoms with Crippen molar-refractivity contribution >= 4 is 11.5 Å². The summed E-state index contributed by atoms with van der Waals surface area (Å²) in [6, 6.07) is 22.3. The molecule has 0 spiro atoms. The van der Waals surface area contributed by atoms with E-state index in [0.29, 0.717) is 11.1 Å². The molecule has 32 heavy (non-hydrogen) atoms. The van der Waals surface area contributed by atoms with Crippen molar-refractivity contribution in [2.75, 3.05) is 0 Å². The first-order valence-corrected chi connectivity index (χ1v) is 10.1. The summed E-state index contributed by atoms with van der Waals surface area (Å²) in [5.74, 6) is -2.64. The molecule has 4 nitrogen and oxygen atoms in total. The third-order valence-corrected chi connectivity index (χ3v) is 7.40. The third-order valence-electron chi connectivity index (χ3n) is 7.40. The molecule has 2 aromatic carbocycles. The molecule has 0 aromatic heterocycles. The highest BCUT2D eigenvalue weighted by atomic mass is 19.4. The number of alkyl halides is 3. The first-order valence-electron chi connectivity index (χ1n) is 10.1. The molecular formula is C25H20F3N3O. The molecule has 2 aliphatic carbocycles. The van der Waals surface area contributed by atoms with Crippen LogP contribution in [0.1, 0.15) is 37.3 Å². The lowest BCUT2D eigenvalue weighted by molar-refractivity contribution is -0.177. The topological polar surface area (TPSA) is 76.7 Å². The van der Waals surface area contributed by atoms with Gasteiger partial charge in [0, 0.05) is 16.9 Å². The Hall–Kier alpha value is -3.58. The normalized spacial score (nSPS) is 31.2. The molecule has 1 fully saturated rings. The minimum Gasteiger partial charge on any atom is -0.340 e. The van der Waals surface area contributed by atoms with Crippen molar-refractivity contribution in [3.8, 4) is 12.1 Å². The lowest BCUT2D eigenvalue weighted by Gasteiger charge is -2.44. The number of nitrogens with zero attached hydrogens (tertiary/aromatic N) is 2. The van der Waals surface area contributed by atoms with Crippen molar-refractivity contribution in [3.63, 3.8) is 0 Å². The molecule has 4 atom stereocenters. The van der Waals surface area contributed by atoms with Gasteiger partial charge < -0.3 is 5.32 Å². The van der Waals surface area contributed by atoms with Crippen molar-refractivity contribution < 1.29 is 18.0 Å². The Labute approximate surface area is 184 Å². The van der Waals surface area contributed by atoms with Gasteiger partial charge in [-0.25, -0.2) is 0 Å². The van der Waals surface area contributed by atoms with Crippen LogP contribution in [0, 0.1) is 33.5 Å². The smallest absolute Gasteiger partial charge is 0.340 e. The number of amides is 1. The number of carbonyl (C=O) groups excluding carboxylic acids is 1. The Morgan fingerprint density at radius 1 is 1.03 bits per heavy atom. The number of fused-ring (bicyclic) bond motifs is 2. The SMILES string of the molecule is CC1(NC(=O)C(F)(F)F)[C@@]2(C)C[C@H](c3ccccc3)[C@]1(C#N)C(c1ccccc1)=C2C#N. The van der Waals surface area contributed by atoms with Crippen LogP contribution in [0.2, 0.25) is 0 Å². The number of hydrogen-bond donors (Lipinski definition) is 1. The fourth-order valence-corrected chi connectivity index (χ4v) is 5.79. The quantitative estimate of drug-likeness (QED) is 0.727. The number of nitrogens with one attached hydrogen (secondary N) is 1. The van der Waals surface area contributed by atoms with Crippen molar-refractivity contribution in [2.24, 2.45) is 10.8 Å². The van der Waals surface area contributed by atoms with Gasteiger partial charge >= 0.3 is 12.1 Å². The number of halogens is 3. The molecular weight excluding hydrogens is 415 g/mol. The molecule has 1 amide bonds. The lowest BCUT2D eigenvalue weighted by atomic mass is 9.62. The highest BCUT2D eigenvalue weighted by Gasteiger charge is 2.77. The Morgan fingerprint density at radius 2 is 1.59 bits per heavy atom. The van der Waals surface area contributed by atoms with E-state index in [9.17, 15) is 28.5 Å². The van der Waals surface area contributed by atoms with E-state index in [1.807, 2.05) is 18.2 Å². The minimum atomic E-state index is -5.12. The summed E-state index contributed by atoms with van der Waals surface area (Å²) in [6.45, 7) is 3.14. The monoisotopic (exact) mass is 435 g/mol. The van der Waals surface area contributed by atoms with Crippen LogP contribution < -0.4 is 5.32 Å². The molecule has 2 aliphatic rings. The van der Waals surface area contributed by atoms with E-state index in [0.717, 1.165) is 5.56 Å². The summed E-state index contributed by atoms with van der Waals surface area (Å²) in [5, 5.41) is 23.0. The predicted octanol–water partition coefficient (Wildman–Crippen LogP) is 5.12. The maximum absolute atomic E-state index is 13.3. The molecule has 2 aromatic rings. The number of rotatable bonds is 3. The van der Waals surface area contributed by atoms with E-state index < -0.39 is 34.4 Å². The Kier molecular flexibility index (Phi) is 4.71. The molecule has 0 heterocycles. The molecule has 2 bridgehead atoms. The van der Waals surface area contributed by atoms with Gasteiger partial charge in [-0.05, 0) is 30.0 Å². The van der Waals surface area contributed by atoms with Gasteiger partial charge in [0.1, 0.15) is 5.41 Å². The summed E-state index contributed by atoms with van der Waals surface area (Å²) in [6.07, 6.45) is -4.88. The van der Waals surface area contributed by atoms with Crippen LogP contribution in [0.4, 0.5) is 13.2 Å². The van der Waals surface area contributed by atoms with Gasteiger partial charge in [0.2, 0.25) is 0 Å². The zero-order valence-corrected chi connectivity index (χ0v) is 17.5. The Morgan fingerprint density at radius 3 is 2.09 bits per heavy atom. The molecule has 7 heteroatoms. The lowest BCUT2D eigenvalue weighted by Crippen LogP contribution is -2.62.